The summed E-state index contributed by atoms with van der Waals surface area (Å²) in [6.07, 6.45) is -0.790. The lowest BCUT2D eigenvalue weighted by atomic mass is 10.1. The molecule has 23 heavy (non-hydrogen) atoms. The van der Waals surface area contributed by atoms with E-state index in [0.717, 1.165) is 22.6 Å². The number of thiazole rings is 1. The second kappa shape index (κ2) is 5.85. The van der Waals surface area contributed by atoms with Crippen molar-refractivity contribution in [3.05, 3.63) is 63.4 Å². The standard InChI is InChI=1S/C17H12ClNO3S/c18-12-3-1-2-11(6-12)16(20)17-19-13(8-23-17)10-4-5-14-15(7-10)22-9-21-14/h1-8,16,20H,9H2. The van der Waals surface area contributed by atoms with Gasteiger partial charge in [0.1, 0.15) is 11.1 Å². The van der Waals surface area contributed by atoms with E-state index in [-0.39, 0.29) is 6.79 Å². The van der Waals surface area contributed by atoms with Crippen LogP contribution in [0.25, 0.3) is 11.3 Å². The molecule has 4 rings (SSSR count). The third kappa shape index (κ3) is 2.79. The first-order chi connectivity index (χ1) is 11.2. The average molecular weight is 346 g/mol. The summed E-state index contributed by atoms with van der Waals surface area (Å²) in [4.78, 5) is 4.54. The molecule has 1 aliphatic heterocycles. The Balaban J connectivity index is 1.64. The van der Waals surface area contributed by atoms with E-state index in [1.54, 1.807) is 12.1 Å². The highest BCUT2D eigenvalue weighted by Crippen LogP contribution is 2.37. The van der Waals surface area contributed by atoms with Crippen molar-refractivity contribution in [2.24, 2.45) is 0 Å². The second-order valence-corrected chi connectivity index (χ2v) is 6.42. The fourth-order valence-corrected chi connectivity index (χ4v) is 3.46. The van der Waals surface area contributed by atoms with Gasteiger partial charge in [0.15, 0.2) is 11.5 Å². The highest BCUT2D eigenvalue weighted by molar-refractivity contribution is 7.10. The van der Waals surface area contributed by atoms with Crippen molar-refractivity contribution in [3.8, 4) is 22.8 Å². The molecule has 0 saturated heterocycles. The molecule has 0 bridgehead atoms. The monoisotopic (exact) mass is 345 g/mol. The van der Waals surface area contributed by atoms with Crippen LogP contribution in [0.2, 0.25) is 5.02 Å². The molecule has 1 aliphatic rings. The lowest BCUT2D eigenvalue weighted by Crippen LogP contribution is -1.98. The van der Waals surface area contributed by atoms with E-state index >= 15 is 0 Å². The minimum Gasteiger partial charge on any atom is -0.454 e. The predicted molar refractivity (Wildman–Crippen MR) is 89.2 cm³/mol. The highest BCUT2D eigenvalue weighted by atomic mass is 35.5. The Morgan fingerprint density at radius 3 is 2.87 bits per heavy atom. The molecule has 1 N–H and O–H groups in total. The Bertz CT molecular complexity index is 865. The second-order valence-electron chi connectivity index (χ2n) is 5.10. The maximum absolute atomic E-state index is 10.5. The number of aliphatic hydroxyl groups excluding tert-OH is 1. The number of nitrogens with zero attached hydrogens (tertiary/aromatic N) is 1. The molecule has 0 saturated carbocycles. The Hall–Kier alpha value is -2.08. The van der Waals surface area contributed by atoms with Gasteiger partial charge in [0, 0.05) is 16.0 Å². The Morgan fingerprint density at radius 1 is 1.13 bits per heavy atom. The number of fused-ring (bicyclic) bond motifs is 1. The number of hydrogen-bond donors (Lipinski definition) is 1. The van der Waals surface area contributed by atoms with Crippen LogP contribution in [0.4, 0.5) is 0 Å². The molecule has 1 unspecified atom stereocenters. The van der Waals surface area contributed by atoms with Crippen LogP contribution >= 0.6 is 22.9 Å². The van der Waals surface area contributed by atoms with Crippen LogP contribution in [0.15, 0.2) is 47.8 Å². The zero-order chi connectivity index (χ0) is 15.8. The summed E-state index contributed by atoms with van der Waals surface area (Å²) in [5.41, 5.74) is 2.45. The van der Waals surface area contributed by atoms with Crippen molar-refractivity contribution < 1.29 is 14.6 Å². The van der Waals surface area contributed by atoms with Gasteiger partial charge in [0.2, 0.25) is 6.79 Å². The van der Waals surface area contributed by atoms with E-state index in [1.165, 1.54) is 11.3 Å². The molecule has 0 fully saturated rings. The van der Waals surface area contributed by atoms with E-state index in [1.807, 2.05) is 35.7 Å². The highest BCUT2D eigenvalue weighted by Gasteiger charge is 2.18. The van der Waals surface area contributed by atoms with Crippen LogP contribution in [-0.4, -0.2) is 16.9 Å². The van der Waals surface area contributed by atoms with E-state index < -0.39 is 6.10 Å². The smallest absolute Gasteiger partial charge is 0.231 e. The maximum atomic E-state index is 10.5. The molecular weight excluding hydrogens is 334 g/mol. The predicted octanol–water partition coefficient (Wildman–Crippen LogP) is 4.27. The largest absolute Gasteiger partial charge is 0.454 e. The van der Waals surface area contributed by atoms with Crippen molar-refractivity contribution in [3.63, 3.8) is 0 Å². The van der Waals surface area contributed by atoms with Crippen LogP contribution < -0.4 is 9.47 Å². The van der Waals surface area contributed by atoms with Crippen molar-refractivity contribution in [2.45, 2.75) is 6.10 Å². The number of rotatable bonds is 3. The summed E-state index contributed by atoms with van der Waals surface area (Å²) in [5.74, 6) is 1.45. The normalized spacial score (nSPS) is 14.0. The quantitative estimate of drug-likeness (QED) is 0.770. The van der Waals surface area contributed by atoms with E-state index in [2.05, 4.69) is 4.98 Å². The molecule has 1 atom stereocenters. The zero-order valence-electron chi connectivity index (χ0n) is 11.9. The van der Waals surface area contributed by atoms with Crippen molar-refractivity contribution in [1.29, 1.82) is 0 Å². The Kier molecular flexibility index (Phi) is 3.69. The molecular formula is C17H12ClNO3S. The average Bonchev–Trinajstić information content (AvgIpc) is 3.22. The molecule has 0 radical (unpaired) electrons. The summed E-state index contributed by atoms with van der Waals surface area (Å²) in [7, 11) is 0. The summed E-state index contributed by atoms with van der Waals surface area (Å²) in [5, 5.41) is 13.6. The molecule has 1 aromatic heterocycles. The SMILES string of the molecule is OC(c1cccc(Cl)c1)c1nc(-c2ccc3c(c2)OCO3)cs1. The lowest BCUT2D eigenvalue weighted by molar-refractivity contribution is 0.174. The van der Waals surface area contributed by atoms with Gasteiger partial charge in [0.05, 0.1) is 5.69 Å². The van der Waals surface area contributed by atoms with Gasteiger partial charge in [-0.3, -0.25) is 0 Å². The number of ether oxygens (including phenoxy) is 2. The van der Waals surface area contributed by atoms with Crippen LogP contribution in [-0.2, 0) is 0 Å². The number of aromatic nitrogens is 1. The summed E-state index contributed by atoms with van der Waals surface area (Å²) in [6, 6.07) is 12.9. The Morgan fingerprint density at radius 2 is 2.00 bits per heavy atom. The summed E-state index contributed by atoms with van der Waals surface area (Å²) in [6.45, 7) is 0.245. The summed E-state index contributed by atoms with van der Waals surface area (Å²) < 4.78 is 10.7. The van der Waals surface area contributed by atoms with Gasteiger partial charge >= 0.3 is 0 Å². The van der Waals surface area contributed by atoms with Gasteiger partial charge in [-0.05, 0) is 35.9 Å². The van der Waals surface area contributed by atoms with Crippen molar-refractivity contribution >= 4 is 22.9 Å². The van der Waals surface area contributed by atoms with Crippen LogP contribution in [0, 0.1) is 0 Å². The van der Waals surface area contributed by atoms with Gasteiger partial charge in [-0.2, -0.15) is 0 Å². The maximum Gasteiger partial charge on any atom is 0.231 e. The first-order valence-corrected chi connectivity index (χ1v) is 8.25. The lowest BCUT2D eigenvalue weighted by Gasteiger charge is -2.07. The topological polar surface area (TPSA) is 51.6 Å². The fraction of sp³-hybridized carbons (Fsp3) is 0.118. The van der Waals surface area contributed by atoms with E-state index in [4.69, 9.17) is 21.1 Å². The molecule has 0 amide bonds. The molecule has 0 aliphatic carbocycles. The first kappa shape index (κ1) is 14.5. The van der Waals surface area contributed by atoms with Gasteiger partial charge in [-0.1, -0.05) is 23.7 Å². The van der Waals surface area contributed by atoms with Gasteiger partial charge in [-0.25, -0.2) is 4.98 Å². The zero-order valence-corrected chi connectivity index (χ0v) is 13.5. The van der Waals surface area contributed by atoms with Crippen LogP contribution in [0.3, 0.4) is 0 Å². The third-order valence-electron chi connectivity index (χ3n) is 3.59. The minimum atomic E-state index is -0.790. The molecule has 3 aromatic rings. The summed E-state index contributed by atoms with van der Waals surface area (Å²) >= 11 is 7.39. The Labute approximate surface area is 141 Å². The third-order valence-corrected chi connectivity index (χ3v) is 4.72. The minimum absolute atomic E-state index is 0.245. The number of aliphatic hydroxyl groups is 1. The first-order valence-electron chi connectivity index (χ1n) is 7.00. The molecule has 2 heterocycles. The molecule has 2 aromatic carbocycles. The molecule has 6 heteroatoms. The molecule has 0 spiro atoms. The molecule has 116 valence electrons. The van der Waals surface area contributed by atoms with Crippen molar-refractivity contribution in [1.82, 2.24) is 4.98 Å². The van der Waals surface area contributed by atoms with Gasteiger partial charge < -0.3 is 14.6 Å². The number of halogens is 1. The van der Waals surface area contributed by atoms with Crippen LogP contribution in [0.1, 0.15) is 16.7 Å². The van der Waals surface area contributed by atoms with E-state index in [9.17, 15) is 5.11 Å². The number of benzene rings is 2. The van der Waals surface area contributed by atoms with Gasteiger partial charge in [-0.15, -0.1) is 11.3 Å². The fourth-order valence-electron chi connectivity index (χ4n) is 2.42. The van der Waals surface area contributed by atoms with E-state index in [0.29, 0.717) is 15.8 Å². The van der Waals surface area contributed by atoms with Crippen LogP contribution in [0.5, 0.6) is 11.5 Å². The van der Waals surface area contributed by atoms with Crippen molar-refractivity contribution in [2.75, 3.05) is 6.79 Å². The number of hydrogen-bond acceptors (Lipinski definition) is 5. The van der Waals surface area contributed by atoms with Gasteiger partial charge in [0.25, 0.3) is 0 Å². The molecule has 4 nitrogen and oxygen atoms in total.